The maximum atomic E-state index is 14.9. The second kappa shape index (κ2) is 15.1. The van der Waals surface area contributed by atoms with E-state index in [9.17, 15) is 24.0 Å². The molecule has 13 nitrogen and oxygen atoms in total. The van der Waals surface area contributed by atoms with Crippen LogP contribution < -0.4 is 16.2 Å². The minimum Gasteiger partial charge on any atom is -0.458 e. The van der Waals surface area contributed by atoms with E-state index in [1.165, 1.54) is 0 Å². The van der Waals surface area contributed by atoms with Gasteiger partial charge >= 0.3 is 24.1 Å². The number of carbonyl (C=O) groups is 4. The lowest BCUT2D eigenvalue weighted by Gasteiger charge is -2.45. The van der Waals surface area contributed by atoms with Gasteiger partial charge in [0.2, 0.25) is 5.60 Å². The SMILES string of the molecule is CCC1(OC(=O)CCCNC(=O)OC(C)(C)C)C(=O)OC([Si](C)(C)C(C)C(C)C)c2c1cc1n(c2=O)Cc2cc3cc(NC(=O)OC(C)(C)C)ccc3nc2-1. The van der Waals surface area contributed by atoms with Gasteiger partial charge in [0, 0.05) is 35.2 Å². The molecule has 14 heteroatoms. The summed E-state index contributed by atoms with van der Waals surface area (Å²) >= 11 is 0. The van der Waals surface area contributed by atoms with Crippen LogP contribution in [-0.4, -0.2) is 59.5 Å². The topological polar surface area (TPSA) is 164 Å². The zero-order valence-electron chi connectivity index (χ0n) is 34.2. The number of pyridine rings is 2. The van der Waals surface area contributed by atoms with Crippen LogP contribution in [0.15, 0.2) is 35.1 Å². The minimum absolute atomic E-state index is 0.0312. The molecule has 0 radical (unpaired) electrons. The van der Waals surface area contributed by atoms with E-state index in [4.69, 9.17) is 23.9 Å². The van der Waals surface area contributed by atoms with Crippen LogP contribution in [0.25, 0.3) is 22.3 Å². The number of esters is 2. The molecule has 0 spiro atoms. The third-order valence-corrected chi connectivity index (χ3v) is 15.3. The molecular formula is C41H56N4O9Si. The van der Waals surface area contributed by atoms with Crippen molar-refractivity contribution < 1.29 is 38.1 Å². The molecule has 0 saturated heterocycles. The van der Waals surface area contributed by atoms with Crippen LogP contribution in [0.4, 0.5) is 15.3 Å². The van der Waals surface area contributed by atoms with Gasteiger partial charge in [-0.2, -0.15) is 0 Å². The van der Waals surface area contributed by atoms with Crippen molar-refractivity contribution >= 4 is 48.8 Å². The largest absolute Gasteiger partial charge is 0.458 e. The summed E-state index contributed by atoms with van der Waals surface area (Å²) in [6.07, 6.45) is -1.01. The van der Waals surface area contributed by atoms with Crippen molar-refractivity contribution in [2.24, 2.45) is 5.92 Å². The number of fused-ring (bicyclic) bond motifs is 5. The van der Waals surface area contributed by atoms with Gasteiger partial charge in [-0.25, -0.2) is 19.4 Å². The number of benzene rings is 1. The van der Waals surface area contributed by atoms with Crippen molar-refractivity contribution in [3.8, 4) is 11.4 Å². The molecule has 298 valence electrons. The fourth-order valence-corrected chi connectivity index (χ4v) is 10.9. The predicted octanol–water partition coefficient (Wildman–Crippen LogP) is 8.12. The number of hydrogen-bond acceptors (Lipinski definition) is 10. The van der Waals surface area contributed by atoms with E-state index in [-0.39, 0.29) is 49.4 Å². The monoisotopic (exact) mass is 776 g/mol. The number of amides is 2. The average Bonchev–Trinajstić information content (AvgIpc) is 3.42. The number of rotatable bonds is 10. The molecule has 3 aromatic rings. The lowest BCUT2D eigenvalue weighted by Crippen LogP contribution is -2.55. The lowest BCUT2D eigenvalue weighted by molar-refractivity contribution is -0.190. The third-order valence-electron chi connectivity index (χ3n) is 10.6. The van der Waals surface area contributed by atoms with Crippen molar-refractivity contribution in [2.75, 3.05) is 11.9 Å². The maximum absolute atomic E-state index is 14.9. The quantitative estimate of drug-likeness (QED) is 0.0696. The van der Waals surface area contributed by atoms with Crippen LogP contribution in [-0.2, 0) is 40.7 Å². The number of hydrogen-bond donors (Lipinski definition) is 2. The van der Waals surface area contributed by atoms with Crippen LogP contribution in [0, 0.1) is 5.92 Å². The van der Waals surface area contributed by atoms with E-state index in [2.05, 4.69) is 44.5 Å². The summed E-state index contributed by atoms with van der Waals surface area (Å²) in [5.74, 6) is -1.10. The van der Waals surface area contributed by atoms with E-state index in [1.807, 2.05) is 6.07 Å². The molecule has 4 heterocycles. The van der Waals surface area contributed by atoms with Gasteiger partial charge in [-0.05, 0) is 96.2 Å². The Kier molecular flexibility index (Phi) is 11.4. The van der Waals surface area contributed by atoms with Crippen LogP contribution in [0.1, 0.15) is 111 Å². The number of nitrogens with one attached hydrogen (secondary N) is 2. The van der Waals surface area contributed by atoms with E-state index in [0.29, 0.717) is 33.7 Å². The number of nitrogens with zero attached hydrogens (tertiary/aromatic N) is 2. The van der Waals surface area contributed by atoms with Crippen molar-refractivity contribution in [2.45, 2.75) is 136 Å². The normalized spacial score (nSPS) is 18.5. The molecule has 0 aliphatic carbocycles. The van der Waals surface area contributed by atoms with Crippen LogP contribution >= 0.6 is 0 Å². The van der Waals surface area contributed by atoms with Gasteiger partial charge in [-0.15, -0.1) is 0 Å². The van der Waals surface area contributed by atoms with E-state index in [0.717, 1.165) is 10.9 Å². The Bertz CT molecular complexity index is 2080. The Labute approximate surface area is 323 Å². The molecule has 55 heavy (non-hydrogen) atoms. The molecule has 2 amide bonds. The van der Waals surface area contributed by atoms with Crippen LogP contribution in [0.5, 0.6) is 0 Å². The van der Waals surface area contributed by atoms with Gasteiger partial charge in [0.05, 0.1) is 29.0 Å². The van der Waals surface area contributed by atoms with Crippen LogP contribution in [0.3, 0.4) is 0 Å². The molecule has 2 N–H and O–H groups in total. The summed E-state index contributed by atoms with van der Waals surface area (Å²) < 4.78 is 24.8. The zero-order valence-corrected chi connectivity index (χ0v) is 35.2. The Hall–Kier alpha value is -4.72. The summed E-state index contributed by atoms with van der Waals surface area (Å²) in [7, 11) is -2.56. The summed E-state index contributed by atoms with van der Waals surface area (Å²) in [6.45, 7) is 23.4. The Balaban J connectivity index is 1.55. The van der Waals surface area contributed by atoms with Crippen molar-refractivity contribution in [1.29, 1.82) is 0 Å². The molecular weight excluding hydrogens is 721 g/mol. The number of anilines is 1. The molecule has 2 aliphatic heterocycles. The number of alkyl carbamates (subject to hydrolysis) is 1. The van der Waals surface area contributed by atoms with Crippen molar-refractivity contribution in [3.63, 3.8) is 0 Å². The summed E-state index contributed by atoms with van der Waals surface area (Å²) in [5, 5.41) is 6.16. The molecule has 1 aromatic carbocycles. The molecule has 0 bridgehead atoms. The first-order valence-corrected chi connectivity index (χ1v) is 22.2. The summed E-state index contributed by atoms with van der Waals surface area (Å²) in [5.41, 5.74) is -0.416. The molecule has 2 aromatic heterocycles. The van der Waals surface area contributed by atoms with Gasteiger partial charge in [0.15, 0.2) is 0 Å². The molecule has 0 fully saturated rings. The van der Waals surface area contributed by atoms with Crippen molar-refractivity contribution in [3.05, 3.63) is 57.4 Å². The Morgan fingerprint density at radius 1 is 1.00 bits per heavy atom. The van der Waals surface area contributed by atoms with E-state index >= 15 is 0 Å². The highest BCUT2D eigenvalue weighted by molar-refractivity contribution is 6.80. The maximum Gasteiger partial charge on any atom is 0.412 e. The number of aromatic nitrogens is 2. The fourth-order valence-electron chi connectivity index (χ4n) is 7.31. The first-order valence-electron chi connectivity index (χ1n) is 19.1. The number of ether oxygens (including phenoxy) is 4. The van der Waals surface area contributed by atoms with E-state index in [1.54, 1.807) is 77.3 Å². The standard InChI is InChI=1S/C41H56N4O9Si/c1-13-41(52-31(46)15-14-18-42-37(49)53-39(5,6)7)28-21-30-33-26(19-25-20-27(16-17-29(25)44-33)43-38(50)54-40(8,9)10)22-45(30)34(47)32(28)35(51-36(41)48)55(11,12)24(4)23(2)3/h16-17,19-21,23-24,35H,13-15,18,22H2,1-12H3,(H,42,49)(H,43,50). The summed E-state index contributed by atoms with van der Waals surface area (Å²) in [4.78, 5) is 72.3. The second-order valence-electron chi connectivity index (χ2n) is 17.6. The molecule has 3 unspecified atom stereocenters. The van der Waals surface area contributed by atoms with Gasteiger partial charge in [-0.3, -0.25) is 14.9 Å². The molecule has 2 aliphatic rings. The smallest absolute Gasteiger partial charge is 0.412 e. The highest BCUT2D eigenvalue weighted by Gasteiger charge is 2.57. The average molecular weight is 777 g/mol. The minimum atomic E-state index is -2.56. The van der Waals surface area contributed by atoms with Gasteiger partial charge in [0.1, 0.15) is 25.0 Å². The van der Waals surface area contributed by atoms with Gasteiger partial charge in [-0.1, -0.05) is 40.8 Å². The highest BCUT2D eigenvalue weighted by atomic mass is 28.3. The predicted molar refractivity (Wildman–Crippen MR) is 213 cm³/mol. The second-order valence-corrected chi connectivity index (χ2v) is 22.7. The van der Waals surface area contributed by atoms with Gasteiger partial charge < -0.3 is 28.8 Å². The molecule has 3 atom stereocenters. The van der Waals surface area contributed by atoms with Crippen molar-refractivity contribution in [1.82, 2.24) is 14.9 Å². The first kappa shape index (κ1) is 41.4. The van der Waals surface area contributed by atoms with E-state index < -0.39 is 54.7 Å². The number of carbonyl (C=O) groups excluding carboxylic acids is 4. The number of cyclic esters (lactones) is 1. The summed E-state index contributed by atoms with van der Waals surface area (Å²) in [6, 6.07) is 9.05. The highest BCUT2D eigenvalue weighted by Crippen LogP contribution is 2.49. The third kappa shape index (κ3) is 8.58. The fraction of sp³-hybridized carbons (Fsp3) is 0.561. The lowest BCUT2D eigenvalue weighted by atomic mass is 9.85. The first-order chi connectivity index (χ1) is 25.5. The Morgan fingerprint density at radius 2 is 1.65 bits per heavy atom. The Morgan fingerprint density at radius 3 is 2.27 bits per heavy atom. The van der Waals surface area contributed by atoms with Gasteiger partial charge in [0.25, 0.3) is 5.56 Å². The zero-order chi connectivity index (χ0) is 40.8. The molecule has 0 saturated carbocycles. The van der Waals surface area contributed by atoms with Crippen LogP contribution in [0.2, 0.25) is 18.6 Å². The molecule has 5 rings (SSSR count).